The van der Waals surface area contributed by atoms with E-state index in [9.17, 15) is 8.42 Å². The minimum Gasteiger partial charge on any atom is -0.378 e. The molecule has 1 heterocycles. The van der Waals surface area contributed by atoms with Crippen molar-refractivity contribution < 1.29 is 13.2 Å². The monoisotopic (exact) mass is 424 g/mol. The zero-order chi connectivity index (χ0) is 17.7. The van der Waals surface area contributed by atoms with E-state index in [4.69, 9.17) is 4.74 Å². The van der Waals surface area contributed by atoms with Crippen LogP contribution in [0.15, 0.2) is 53.0 Å². The van der Waals surface area contributed by atoms with Crippen LogP contribution in [0.1, 0.15) is 5.56 Å². The van der Waals surface area contributed by atoms with Gasteiger partial charge in [0.25, 0.3) is 0 Å². The summed E-state index contributed by atoms with van der Waals surface area (Å²) < 4.78 is 34.1. The largest absolute Gasteiger partial charge is 0.378 e. The van der Waals surface area contributed by atoms with Gasteiger partial charge >= 0.3 is 0 Å². The fraction of sp³-hybridized carbons (Fsp3) is 0.333. The number of nitrogens with zero attached hydrogens (tertiary/aromatic N) is 1. The maximum atomic E-state index is 12.5. The molecule has 0 bridgehead atoms. The van der Waals surface area contributed by atoms with E-state index in [1.165, 1.54) is 0 Å². The van der Waals surface area contributed by atoms with Gasteiger partial charge in [0, 0.05) is 17.6 Å². The molecule has 3 rings (SSSR count). The second-order valence-electron chi connectivity index (χ2n) is 5.92. The highest BCUT2D eigenvalue weighted by molar-refractivity contribution is 9.10. The summed E-state index contributed by atoms with van der Waals surface area (Å²) in [6, 6.07) is 15.3. The first-order chi connectivity index (χ1) is 12.0. The van der Waals surface area contributed by atoms with Gasteiger partial charge < -0.3 is 9.64 Å². The Hall–Kier alpha value is -1.57. The molecule has 1 saturated heterocycles. The number of aryl methyl sites for hydroxylation is 1. The van der Waals surface area contributed by atoms with Gasteiger partial charge in [0.2, 0.25) is 10.0 Å². The normalized spacial score (nSPS) is 15.2. The van der Waals surface area contributed by atoms with Crippen LogP contribution in [0.5, 0.6) is 0 Å². The Morgan fingerprint density at radius 1 is 1.08 bits per heavy atom. The van der Waals surface area contributed by atoms with Gasteiger partial charge in [0.1, 0.15) is 0 Å². The first kappa shape index (κ1) is 18.2. The van der Waals surface area contributed by atoms with Crippen LogP contribution in [-0.4, -0.2) is 40.5 Å². The maximum absolute atomic E-state index is 12.5. The Balaban J connectivity index is 1.75. The highest BCUT2D eigenvalue weighted by atomic mass is 79.9. The minimum absolute atomic E-state index is 0.0477. The molecule has 0 aromatic heterocycles. The highest BCUT2D eigenvalue weighted by Gasteiger charge is 2.19. The maximum Gasteiger partial charge on any atom is 0.233 e. The number of ether oxygens (including phenoxy) is 1. The molecule has 0 aliphatic carbocycles. The van der Waals surface area contributed by atoms with Crippen molar-refractivity contribution in [3.63, 3.8) is 0 Å². The third-order valence-electron chi connectivity index (χ3n) is 4.08. The van der Waals surface area contributed by atoms with Crippen LogP contribution in [0.25, 0.3) is 0 Å². The topological polar surface area (TPSA) is 58.6 Å². The Morgan fingerprint density at radius 2 is 1.80 bits per heavy atom. The van der Waals surface area contributed by atoms with Crippen LogP contribution in [-0.2, 0) is 21.2 Å². The van der Waals surface area contributed by atoms with Gasteiger partial charge in [-0.15, -0.1) is 0 Å². The molecule has 0 amide bonds. The van der Waals surface area contributed by atoms with Gasteiger partial charge in [-0.1, -0.05) is 46.3 Å². The lowest BCUT2D eigenvalue weighted by molar-refractivity contribution is 0.123. The standard InChI is InChI=1S/C18H21BrN2O3S/c19-16-6-7-18(21-9-11-24-12-10-21)17(14-16)20-25(22,23)13-8-15-4-2-1-3-5-15/h1-7,14,20H,8-13H2. The molecular weight excluding hydrogens is 404 g/mol. The number of morpholine rings is 1. The van der Waals surface area contributed by atoms with Crippen molar-refractivity contribution in [3.8, 4) is 0 Å². The van der Waals surface area contributed by atoms with Gasteiger partial charge in [-0.2, -0.15) is 0 Å². The number of sulfonamides is 1. The number of nitrogens with one attached hydrogen (secondary N) is 1. The molecule has 2 aromatic rings. The lowest BCUT2D eigenvalue weighted by atomic mass is 10.2. The smallest absolute Gasteiger partial charge is 0.233 e. The molecule has 0 atom stereocenters. The van der Waals surface area contributed by atoms with Gasteiger partial charge in [-0.05, 0) is 30.2 Å². The predicted molar refractivity (Wildman–Crippen MR) is 105 cm³/mol. The molecule has 1 aliphatic heterocycles. The van der Waals surface area contributed by atoms with Crippen LogP contribution >= 0.6 is 15.9 Å². The van der Waals surface area contributed by atoms with Gasteiger partial charge in [0.15, 0.2) is 0 Å². The Kier molecular flexibility index (Phi) is 5.98. The fourth-order valence-corrected chi connectivity index (χ4v) is 4.25. The number of anilines is 2. The van der Waals surface area contributed by atoms with Crippen molar-refractivity contribution in [2.24, 2.45) is 0 Å². The molecule has 0 radical (unpaired) electrons. The molecule has 25 heavy (non-hydrogen) atoms. The van der Waals surface area contributed by atoms with E-state index in [0.29, 0.717) is 25.3 Å². The first-order valence-electron chi connectivity index (χ1n) is 8.20. The molecule has 0 unspecified atom stereocenters. The SMILES string of the molecule is O=S(=O)(CCc1ccccc1)Nc1cc(Br)ccc1N1CCOCC1. The summed E-state index contributed by atoms with van der Waals surface area (Å²) in [4.78, 5) is 2.14. The van der Waals surface area contributed by atoms with Gasteiger partial charge in [-0.25, -0.2) is 8.42 Å². The van der Waals surface area contributed by atoms with E-state index in [2.05, 4.69) is 25.6 Å². The van der Waals surface area contributed by atoms with Crippen LogP contribution in [0.4, 0.5) is 11.4 Å². The summed E-state index contributed by atoms with van der Waals surface area (Å²) in [5, 5.41) is 0. The first-order valence-corrected chi connectivity index (χ1v) is 10.6. The molecule has 1 aliphatic rings. The van der Waals surface area contributed by atoms with Crippen molar-refractivity contribution in [2.75, 3.05) is 41.7 Å². The number of rotatable bonds is 6. The van der Waals surface area contributed by atoms with E-state index in [1.807, 2.05) is 48.5 Å². The van der Waals surface area contributed by atoms with E-state index in [0.717, 1.165) is 28.8 Å². The third-order valence-corrected chi connectivity index (χ3v) is 5.84. The highest BCUT2D eigenvalue weighted by Crippen LogP contribution is 2.31. The van der Waals surface area contributed by atoms with Crippen molar-refractivity contribution >= 4 is 37.3 Å². The number of halogens is 1. The van der Waals surface area contributed by atoms with Crippen molar-refractivity contribution in [1.29, 1.82) is 0 Å². The molecule has 2 aromatic carbocycles. The number of hydrogen-bond acceptors (Lipinski definition) is 4. The van der Waals surface area contributed by atoms with Crippen LogP contribution < -0.4 is 9.62 Å². The molecule has 7 heteroatoms. The lowest BCUT2D eigenvalue weighted by Crippen LogP contribution is -2.36. The van der Waals surface area contributed by atoms with Crippen LogP contribution in [0, 0.1) is 0 Å². The van der Waals surface area contributed by atoms with E-state index in [-0.39, 0.29) is 5.75 Å². The van der Waals surface area contributed by atoms with Crippen molar-refractivity contribution in [2.45, 2.75) is 6.42 Å². The van der Waals surface area contributed by atoms with E-state index < -0.39 is 10.0 Å². The van der Waals surface area contributed by atoms with Gasteiger partial charge in [0.05, 0.1) is 30.3 Å². The number of benzene rings is 2. The summed E-state index contributed by atoms with van der Waals surface area (Å²) in [6.45, 7) is 2.80. The molecule has 1 N–H and O–H groups in total. The Labute approximate surface area is 157 Å². The zero-order valence-corrected chi connectivity index (χ0v) is 16.2. The quantitative estimate of drug-likeness (QED) is 0.772. The van der Waals surface area contributed by atoms with Crippen molar-refractivity contribution in [1.82, 2.24) is 0 Å². The van der Waals surface area contributed by atoms with E-state index in [1.54, 1.807) is 0 Å². The second-order valence-corrected chi connectivity index (χ2v) is 8.67. The average molecular weight is 425 g/mol. The molecule has 134 valence electrons. The summed E-state index contributed by atoms with van der Waals surface area (Å²) in [7, 11) is -3.44. The Bertz CT molecular complexity index is 806. The van der Waals surface area contributed by atoms with Crippen LogP contribution in [0.3, 0.4) is 0 Å². The lowest BCUT2D eigenvalue weighted by Gasteiger charge is -2.30. The molecular formula is C18H21BrN2O3S. The summed E-state index contributed by atoms with van der Waals surface area (Å²) in [6.07, 6.45) is 0.483. The average Bonchev–Trinajstić information content (AvgIpc) is 2.62. The minimum atomic E-state index is -3.44. The molecule has 5 nitrogen and oxygen atoms in total. The number of hydrogen-bond donors (Lipinski definition) is 1. The van der Waals surface area contributed by atoms with Gasteiger partial charge in [-0.3, -0.25) is 4.72 Å². The fourth-order valence-electron chi connectivity index (χ4n) is 2.79. The Morgan fingerprint density at radius 3 is 2.52 bits per heavy atom. The molecule has 0 spiro atoms. The van der Waals surface area contributed by atoms with E-state index >= 15 is 0 Å². The molecule has 1 fully saturated rings. The summed E-state index contributed by atoms with van der Waals surface area (Å²) in [5.41, 5.74) is 2.50. The molecule has 0 saturated carbocycles. The summed E-state index contributed by atoms with van der Waals surface area (Å²) in [5.74, 6) is 0.0477. The second kappa shape index (κ2) is 8.21. The zero-order valence-electron chi connectivity index (χ0n) is 13.8. The summed E-state index contributed by atoms with van der Waals surface area (Å²) >= 11 is 3.43. The van der Waals surface area contributed by atoms with Crippen LogP contribution in [0.2, 0.25) is 0 Å². The van der Waals surface area contributed by atoms with Crippen molar-refractivity contribution in [3.05, 3.63) is 58.6 Å². The third kappa shape index (κ3) is 5.20. The predicted octanol–water partition coefficient (Wildman–Crippen LogP) is 3.27.